The largest absolute Gasteiger partial charge is 0.392 e. The molecule has 0 radical (unpaired) electrons. The molecule has 0 aliphatic heterocycles. The Labute approximate surface area is 105 Å². The third kappa shape index (κ3) is 3.41. The van der Waals surface area contributed by atoms with E-state index in [4.69, 9.17) is 22.0 Å². The van der Waals surface area contributed by atoms with Gasteiger partial charge in [-0.2, -0.15) is 5.26 Å². The highest BCUT2D eigenvalue weighted by Crippen LogP contribution is 2.24. The molecule has 7 heteroatoms. The molecular weight excluding hydrogens is 264 g/mol. The number of halogens is 1. The third-order valence-corrected chi connectivity index (χ3v) is 3.93. The Morgan fingerprint density at radius 3 is 2.76 bits per heavy atom. The fourth-order valence-electron chi connectivity index (χ4n) is 1.11. The quantitative estimate of drug-likeness (QED) is 0.852. The second-order valence-electron chi connectivity index (χ2n) is 3.43. The van der Waals surface area contributed by atoms with Gasteiger partial charge in [0.1, 0.15) is 11.0 Å². The Balaban J connectivity index is 3.13. The van der Waals surface area contributed by atoms with Crippen molar-refractivity contribution in [1.82, 2.24) is 4.72 Å². The second-order valence-corrected chi connectivity index (χ2v) is 5.54. The van der Waals surface area contributed by atoms with E-state index in [9.17, 15) is 8.42 Å². The zero-order valence-electron chi connectivity index (χ0n) is 9.01. The Kier molecular flexibility index (Phi) is 4.48. The average molecular weight is 275 g/mol. The Hall–Kier alpha value is -1.13. The van der Waals surface area contributed by atoms with Crippen molar-refractivity contribution in [3.05, 3.63) is 28.8 Å². The maximum atomic E-state index is 11.8. The molecule has 0 bridgehead atoms. The van der Waals surface area contributed by atoms with Crippen LogP contribution in [0.2, 0.25) is 5.02 Å². The van der Waals surface area contributed by atoms with Crippen LogP contribution in [0.1, 0.15) is 12.5 Å². The van der Waals surface area contributed by atoms with Crippen molar-refractivity contribution >= 4 is 21.6 Å². The molecule has 1 aromatic rings. The molecule has 0 spiro atoms. The first-order chi connectivity index (χ1) is 7.88. The average Bonchev–Trinajstić information content (AvgIpc) is 2.26. The summed E-state index contributed by atoms with van der Waals surface area (Å²) in [4.78, 5) is -0.168. The molecule has 5 nitrogen and oxygen atoms in total. The number of hydrogen-bond donors (Lipinski definition) is 2. The van der Waals surface area contributed by atoms with E-state index in [0.29, 0.717) is 0 Å². The van der Waals surface area contributed by atoms with E-state index in [0.717, 1.165) is 0 Å². The van der Waals surface area contributed by atoms with Crippen molar-refractivity contribution in [3.8, 4) is 6.07 Å². The van der Waals surface area contributed by atoms with Crippen molar-refractivity contribution < 1.29 is 13.5 Å². The van der Waals surface area contributed by atoms with Crippen LogP contribution in [0.15, 0.2) is 23.1 Å². The van der Waals surface area contributed by atoms with E-state index in [2.05, 4.69) is 4.72 Å². The number of benzene rings is 1. The standard InChI is InChI=1S/C10H11ClN2O3S/c1-7(14)6-13-17(15,16)9-4-2-3-8(5-12)10(9)11/h2-4,7,13-14H,6H2,1H3/t7-/m1/s1. The van der Waals surface area contributed by atoms with Crippen molar-refractivity contribution in [3.63, 3.8) is 0 Å². The minimum Gasteiger partial charge on any atom is -0.392 e. The predicted octanol–water partition coefficient (Wildman–Crippen LogP) is 0.871. The molecule has 2 N–H and O–H groups in total. The molecule has 0 amide bonds. The maximum Gasteiger partial charge on any atom is 0.242 e. The monoisotopic (exact) mass is 274 g/mol. The zero-order valence-corrected chi connectivity index (χ0v) is 10.6. The van der Waals surface area contributed by atoms with E-state index in [1.54, 1.807) is 6.07 Å². The highest BCUT2D eigenvalue weighted by Gasteiger charge is 2.19. The zero-order chi connectivity index (χ0) is 13.1. The maximum absolute atomic E-state index is 11.8. The van der Waals surface area contributed by atoms with E-state index < -0.39 is 16.1 Å². The predicted molar refractivity (Wildman–Crippen MR) is 63.0 cm³/mol. The summed E-state index contributed by atoms with van der Waals surface area (Å²) in [6.07, 6.45) is -0.803. The summed E-state index contributed by atoms with van der Waals surface area (Å²) in [6.45, 7) is 1.34. The number of nitrogens with zero attached hydrogens (tertiary/aromatic N) is 1. The number of rotatable bonds is 4. The normalized spacial score (nSPS) is 13.1. The van der Waals surface area contributed by atoms with E-state index in [1.807, 2.05) is 0 Å². The third-order valence-electron chi connectivity index (χ3n) is 1.94. The second kappa shape index (κ2) is 5.47. The number of nitrogens with one attached hydrogen (secondary N) is 1. The summed E-state index contributed by atoms with van der Waals surface area (Å²) in [5.41, 5.74) is 0.0894. The molecule has 0 fully saturated rings. The highest BCUT2D eigenvalue weighted by molar-refractivity contribution is 7.89. The van der Waals surface area contributed by atoms with Gasteiger partial charge in [0.2, 0.25) is 10.0 Å². The molecule has 0 aliphatic carbocycles. The summed E-state index contributed by atoms with van der Waals surface area (Å²) >= 11 is 5.80. The molecular formula is C10H11ClN2O3S. The van der Waals surface area contributed by atoms with Crippen molar-refractivity contribution in [2.45, 2.75) is 17.9 Å². The van der Waals surface area contributed by atoms with E-state index in [-0.39, 0.29) is 22.0 Å². The Morgan fingerprint density at radius 2 is 2.24 bits per heavy atom. The Morgan fingerprint density at radius 1 is 1.59 bits per heavy atom. The number of hydrogen-bond acceptors (Lipinski definition) is 4. The van der Waals surface area contributed by atoms with Crippen LogP contribution in [0, 0.1) is 11.3 Å². The van der Waals surface area contributed by atoms with E-state index in [1.165, 1.54) is 25.1 Å². The fourth-order valence-corrected chi connectivity index (χ4v) is 2.81. The van der Waals surface area contributed by atoms with Gasteiger partial charge in [-0.1, -0.05) is 17.7 Å². The van der Waals surface area contributed by atoms with Crippen LogP contribution in [0.25, 0.3) is 0 Å². The summed E-state index contributed by atoms with van der Waals surface area (Å²) in [5, 5.41) is 17.6. The Bertz CT molecular complexity index is 549. The summed E-state index contributed by atoms with van der Waals surface area (Å²) in [6, 6.07) is 5.96. The first-order valence-electron chi connectivity index (χ1n) is 4.75. The van der Waals surface area contributed by atoms with Crippen LogP contribution in [-0.4, -0.2) is 26.2 Å². The van der Waals surface area contributed by atoms with Gasteiger partial charge in [0.15, 0.2) is 0 Å². The molecule has 1 rings (SSSR count). The number of aliphatic hydroxyl groups excluding tert-OH is 1. The topological polar surface area (TPSA) is 90.2 Å². The van der Waals surface area contributed by atoms with Crippen molar-refractivity contribution in [1.29, 1.82) is 5.26 Å². The van der Waals surface area contributed by atoms with Crippen LogP contribution in [0.4, 0.5) is 0 Å². The van der Waals surface area contributed by atoms with Crippen molar-refractivity contribution in [2.24, 2.45) is 0 Å². The first kappa shape index (κ1) is 13.9. The fraction of sp³-hybridized carbons (Fsp3) is 0.300. The van der Waals surface area contributed by atoms with Crippen LogP contribution in [-0.2, 0) is 10.0 Å². The van der Waals surface area contributed by atoms with Gasteiger partial charge in [-0.25, -0.2) is 13.1 Å². The van der Waals surface area contributed by atoms with Gasteiger partial charge in [-0.15, -0.1) is 0 Å². The van der Waals surface area contributed by atoms with Crippen LogP contribution in [0.3, 0.4) is 0 Å². The van der Waals surface area contributed by atoms with Gasteiger partial charge >= 0.3 is 0 Å². The summed E-state index contributed by atoms with van der Waals surface area (Å²) in [7, 11) is -3.81. The molecule has 17 heavy (non-hydrogen) atoms. The molecule has 1 aromatic carbocycles. The molecule has 0 heterocycles. The molecule has 0 aromatic heterocycles. The summed E-state index contributed by atoms with van der Waals surface area (Å²) in [5.74, 6) is 0. The molecule has 0 aliphatic rings. The molecule has 0 saturated heterocycles. The SMILES string of the molecule is C[C@@H](O)CNS(=O)(=O)c1cccc(C#N)c1Cl. The van der Waals surface area contributed by atoms with Gasteiger partial charge in [-0.05, 0) is 19.1 Å². The molecule has 92 valence electrons. The van der Waals surface area contributed by atoms with Gasteiger partial charge in [0.05, 0.1) is 16.7 Å². The number of nitriles is 1. The number of aliphatic hydroxyl groups is 1. The van der Waals surface area contributed by atoms with Crippen LogP contribution in [0.5, 0.6) is 0 Å². The summed E-state index contributed by atoms with van der Waals surface area (Å²) < 4.78 is 25.8. The molecule has 0 saturated carbocycles. The van der Waals surface area contributed by atoms with Gasteiger partial charge in [0, 0.05) is 6.54 Å². The van der Waals surface area contributed by atoms with Crippen molar-refractivity contribution in [2.75, 3.05) is 6.54 Å². The van der Waals surface area contributed by atoms with Gasteiger partial charge in [-0.3, -0.25) is 0 Å². The van der Waals surface area contributed by atoms with Crippen LogP contribution >= 0.6 is 11.6 Å². The smallest absolute Gasteiger partial charge is 0.242 e. The lowest BCUT2D eigenvalue weighted by Crippen LogP contribution is -2.30. The lowest BCUT2D eigenvalue weighted by atomic mass is 10.2. The van der Waals surface area contributed by atoms with Gasteiger partial charge in [0.25, 0.3) is 0 Å². The number of sulfonamides is 1. The lowest BCUT2D eigenvalue weighted by molar-refractivity contribution is 0.198. The molecule has 1 atom stereocenters. The lowest BCUT2D eigenvalue weighted by Gasteiger charge is -2.10. The van der Waals surface area contributed by atoms with Gasteiger partial charge < -0.3 is 5.11 Å². The molecule has 0 unspecified atom stereocenters. The van der Waals surface area contributed by atoms with E-state index >= 15 is 0 Å². The minimum absolute atomic E-state index is 0.0894. The highest BCUT2D eigenvalue weighted by atomic mass is 35.5. The first-order valence-corrected chi connectivity index (χ1v) is 6.61. The minimum atomic E-state index is -3.81. The van der Waals surface area contributed by atoms with Crippen LogP contribution < -0.4 is 4.72 Å².